The average molecular weight is 378 g/mol. The van der Waals surface area contributed by atoms with Crippen LogP contribution in [-0.4, -0.2) is 19.1 Å². The van der Waals surface area contributed by atoms with Gasteiger partial charge in [0.2, 0.25) is 5.91 Å². The fourth-order valence-corrected chi connectivity index (χ4v) is 2.99. The lowest BCUT2D eigenvalue weighted by Gasteiger charge is -2.12. The first-order valence-electron chi connectivity index (χ1n) is 7.88. The number of fused-ring (bicyclic) bond motifs is 1. The van der Waals surface area contributed by atoms with E-state index >= 15 is 0 Å². The van der Waals surface area contributed by atoms with Crippen molar-refractivity contribution in [2.75, 3.05) is 18.5 Å². The molecule has 1 aliphatic heterocycles. The first-order chi connectivity index (χ1) is 12.0. The summed E-state index contributed by atoms with van der Waals surface area (Å²) >= 11 is 12.4. The summed E-state index contributed by atoms with van der Waals surface area (Å²) in [7, 11) is 0. The van der Waals surface area contributed by atoms with Crippen LogP contribution >= 0.6 is 23.2 Å². The molecule has 130 valence electrons. The van der Waals surface area contributed by atoms with Gasteiger partial charge in [0.1, 0.15) is 0 Å². The van der Waals surface area contributed by atoms with Gasteiger partial charge in [0.15, 0.2) is 11.5 Å². The van der Waals surface area contributed by atoms with Crippen molar-refractivity contribution in [1.29, 1.82) is 0 Å². The van der Waals surface area contributed by atoms with E-state index in [1.807, 2.05) is 25.1 Å². The van der Waals surface area contributed by atoms with Gasteiger partial charge in [0, 0.05) is 29.7 Å². The standard InChI is InChI=1S/C19H17Cl2NO3/c1-12(13-5-2-3-6-14(13)20)9-19(23)22-16-11-18-17(10-15(16)21)24-7-4-8-25-18/h2-3,5-6,9-11H,4,7-8H2,1H3,(H,22,23)/b12-9-. The number of benzene rings is 2. The molecule has 0 radical (unpaired) electrons. The molecule has 0 saturated carbocycles. The predicted molar refractivity (Wildman–Crippen MR) is 101 cm³/mol. The van der Waals surface area contributed by atoms with Gasteiger partial charge >= 0.3 is 0 Å². The minimum absolute atomic E-state index is 0.297. The molecule has 0 aliphatic carbocycles. The Labute approximate surface area is 156 Å². The third-order valence-corrected chi connectivity index (χ3v) is 4.38. The molecular weight excluding hydrogens is 361 g/mol. The quantitative estimate of drug-likeness (QED) is 0.747. The summed E-state index contributed by atoms with van der Waals surface area (Å²) in [6.07, 6.45) is 2.29. The summed E-state index contributed by atoms with van der Waals surface area (Å²) in [6, 6.07) is 10.7. The minimum atomic E-state index is -0.297. The molecule has 0 bridgehead atoms. The van der Waals surface area contributed by atoms with Crippen molar-refractivity contribution >= 4 is 40.4 Å². The Bertz CT molecular complexity index is 833. The van der Waals surface area contributed by atoms with Crippen LogP contribution in [0.25, 0.3) is 5.57 Å². The molecule has 0 fully saturated rings. The van der Waals surface area contributed by atoms with Crippen LogP contribution in [0.15, 0.2) is 42.5 Å². The second-order valence-electron chi connectivity index (χ2n) is 5.63. The van der Waals surface area contributed by atoms with Crippen LogP contribution in [0.1, 0.15) is 18.9 Å². The lowest BCUT2D eigenvalue weighted by atomic mass is 10.1. The van der Waals surface area contributed by atoms with Gasteiger partial charge in [-0.15, -0.1) is 0 Å². The molecule has 1 amide bonds. The molecule has 0 unspecified atom stereocenters. The molecule has 25 heavy (non-hydrogen) atoms. The summed E-state index contributed by atoms with van der Waals surface area (Å²) in [5, 5.41) is 3.76. The summed E-state index contributed by atoms with van der Waals surface area (Å²) in [5.74, 6) is 0.862. The Morgan fingerprint density at radius 2 is 1.76 bits per heavy atom. The van der Waals surface area contributed by atoms with Crippen LogP contribution in [-0.2, 0) is 4.79 Å². The highest BCUT2D eigenvalue weighted by Gasteiger charge is 2.15. The first-order valence-corrected chi connectivity index (χ1v) is 8.63. The van der Waals surface area contributed by atoms with Crippen molar-refractivity contribution < 1.29 is 14.3 Å². The second kappa shape index (κ2) is 7.81. The van der Waals surface area contributed by atoms with Crippen molar-refractivity contribution in [2.24, 2.45) is 0 Å². The van der Waals surface area contributed by atoms with Crippen LogP contribution in [0.2, 0.25) is 10.0 Å². The summed E-state index contributed by atoms with van der Waals surface area (Å²) in [5.41, 5.74) is 2.04. The van der Waals surface area contributed by atoms with Crippen LogP contribution in [0, 0.1) is 0 Å². The molecule has 1 N–H and O–H groups in total. The summed E-state index contributed by atoms with van der Waals surface area (Å²) in [6.45, 7) is 2.97. The molecule has 6 heteroatoms. The van der Waals surface area contributed by atoms with E-state index < -0.39 is 0 Å². The molecule has 2 aromatic rings. The van der Waals surface area contributed by atoms with E-state index in [0.717, 1.165) is 17.6 Å². The summed E-state index contributed by atoms with van der Waals surface area (Å²) in [4.78, 5) is 12.3. The Morgan fingerprint density at radius 3 is 2.48 bits per heavy atom. The fraction of sp³-hybridized carbons (Fsp3) is 0.211. The van der Waals surface area contributed by atoms with Gasteiger partial charge in [-0.3, -0.25) is 4.79 Å². The number of amides is 1. The molecule has 2 aromatic carbocycles. The van der Waals surface area contributed by atoms with E-state index in [1.165, 1.54) is 6.08 Å². The molecular formula is C19H17Cl2NO3. The van der Waals surface area contributed by atoms with E-state index in [1.54, 1.807) is 18.2 Å². The van der Waals surface area contributed by atoms with Crippen LogP contribution in [0.4, 0.5) is 5.69 Å². The number of rotatable bonds is 3. The van der Waals surface area contributed by atoms with Gasteiger partial charge in [-0.05, 0) is 24.1 Å². The molecule has 0 atom stereocenters. The third kappa shape index (κ3) is 4.27. The fourth-order valence-electron chi connectivity index (χ4n) is 2.50. The lowest BCUT2D eigenvalue weighted by Crippen LogP contribution is -2.09. The number of carbonyl (C=O) groups is 1. The molecule has 4 nitrogen and oxygen atoms in total. The monoisotopic (exact) mass is 377 g/mol. The first kappa shape index (κ1) is 17.6. The zero-order valence-corrected chi connectivity index (χ0v) is 15.2. The van der Waals surface area contributed by atoms with Crippen LogP contribution in [0.3, 0.4) is 0 Å². The number of hydrogen-bond donors (Lipinski definition) is 1. The Kier molecular flexibility index (Phi) is 5.51. The minimum Gasteiger partial charge on any atom is -0.490 e. The van der Waals surface area contributed by atoms with Gasteiger partial charge < -0.3 is 14.8 Å². The highest BCUT2D eigenvalue weighted by molar-refractivity contribution is 6.34. The smallest absolute Gasteiger partial charge is 0.248 e. The van der Waals surface area contributed by atoms with Crippen molar-refractivity contribution in [3.8, 4) is 11.5 Å². The molecule has 1 aliphatic rings. The number of carbonyl (C=O) groups excluding carboxylic acids is 1. The predicted octanol–water partition coefficient (Wildman–Crippen LogP) is 5.20. The number of ether oxygens (including phenoxy) is 2. The Hall–Kier alpha value is -2.17. The van der Waals surface area contributed by atoms with Gasteiger partial charge in [-0.25, -0.2) is 0 Å². The third-order valence-electron chi connectivity index (χ3n) is 3.74. The van der Waals surface area contributed by atoms with E-state index in [0.29, 0.717) is 40.4 Å². The topological polar surface area (TPSA) is 47.6 Å². The average Bonchev–Trinajstić information content (AvgIpc) is 2.80. The second-order valence-corrected chi connectivity index (χ2v) is 6.44. The Balaban J connectivity index is 1.80. The van der Waals surface area contributed by atoms with Crippen molar-refractivity contribution in [3.63, 3.8) is 0 Å². The van der Waals surface area contributed by atoms with Gasteiger partial charge in [-0.1, -0.05) is 41.4 Å². The maximum absolute atomic E-state index is 12.3. The molecule has 0 saturated heterocycles. The van der Waals surface area contributed by atoms with Gasteiger partial charge in [0.25, 0.3) is 0 Å². The van der Waals surface area contributed by atoms with Crippen molar-refractivity contribution in [3.05, 3.63) is 58.1 Å². The van der Waals surface area contributed by atoms with E-state index in [4.69, 9.17) is 32.7 Å². The zero-order chi connectivity index (χ0) is 17.8. The largest absolute Gasteiger partial charge is 0.490 e. The summed E-state index contributed by atoms with van der Waals surface area (Å²) < 4.78 is 11.2. The van der Waals surface area contributed by atoms with Gasteiger partial charge in [-0.2, -0.15) is 0 Å². The highest BCUT2D eigenvalue weighted by atomic mass is 35.5. The number of halogens is 2. The SMILES string of the molecule is C/C(=C/C(=O)Nc1cc2c(cc1Cl)OCCCO2)c1ccccc1Cl. The van der Waals surface area contributed by atoms with Crippen LogP contribution in [0.5, 0.6) is 11.5 Å². The number of anilines is 1. The van der Waals surface area contributed by atoms with E-state index in [-0.39, 0.29) is 5.91 Å². The highest BCUT2D eigenvalue weighted by Crippen LogP contribution is 2.37. The number of nitrogens with one attached hydrogen (secondary N) is 1. The van der Waals surface area contributed by atoms with Crippen molar-refractivity contribution in [1.82, 2.24) is 0 Å². The maximum atomic E-state index is 12.3. The van der Waals surface area contributed by atoms with E-state index in [9.17, 15) is 4.79 Å². The molecule has 3 rings (SSSR count). The normalized spacial score (nSPS) is 14.0. The van der Waals surface area contributed by atoms with Gasteiger partial charge in [0.05, 0.1) is 23.9 Å². The number of allylic oxidation sites excluding steroid dienone is 1. The van der Waals surface area contributed by atoms with E-state index in [2.05, 4.69) is 5.32 Å². The Morgan fingerprint density at radius 1 is 1.08 bits per heavy atom. The molecule has 0 aromatic heterocycles. The molecule has 0 spiro atoms. The van der Waals surface area contributed by atoms with Crippen LogP contribution < -0.4 is 14.8 Å². The van der Waals surface area contributed by atoms with Crippen molar-refractivity contribution in [2.45, 2.75) is 13.3 Å². The zero-order valence-electron chi connectivity index (χ0n) is 13.6. The number of hydrogen-bond acceptors (Lipinski definition) is 3. The lowest BCUT2D eigenvalue weighted by molar-refractivity contribution is -0.111. The maximum Gasteiger partial charge on any atom is 0.248 e. The molecule has 1 heterocycles.